The van der Waals surface area contributed by atoms with Crippen LogP contribution in [0.25, 0.3) is 0 Å². The van der Waals surface area contributed by atoms with Crippen LogP contribution in [0.4, 0.5) is 4.79 Å². The molecule has 1 aliphatic heterocycles. The highest BCUT2D eigenvalue weighted by atomic mass is 16.6. The lowest BCUT2D eigenvalue weighted by atomic mass is 10.1. The van der Waals surface area contributed by atoms with Gasteiger partial charge < -0.3 is 19.5 Å². The molecule has 1 saturated heterocycles. The number of methoxy groups -OCH3 is 2. The minimum atomic E-state index is -0.641. The zero-order valence-corrected chi connectivity index (χ0v) is 16.1. The molecule has 1 heterocycles. The quantitative estimate of drug-likeness (QED) is 0.808. The summed E-state index contributed by atoms with van der Waals surface area (Å²) in [5.41, 5.74) is 0.443. The predicted molar refractivity (Wildman–Crippen MR) is 97.0 cm³/mol. The molecule has 0 unspecified atom stereocenters. The summed E-state index contributed by atoms with van der Waals surface area (Å²) in [4.78, 5) is 26.0. The highest BCUT2D eigenvalue weighted by molar-refractivity contribution is 5.82. The summed E-state index contributed by atoms with van der Waals surface area (Å²) in [6.07, 6.45) is -0.0193. The van der Waals surface area contributed by atoms with Gasteiger partial charge >= 0.3 is 12.1 Å². The molecule has 2 atom stereocenters. The zero-order chi connectivity index (χ0) is 19.3. The van der Waals surface area contributed by atoms with E-state index < -0.39 is 23.7 Å². The van der Waals surface area contributed by atoms with E-state index in [1.807, 2.05) is 24.3 Å². The van der Waals surface area contributed by atoms with Crippen molar-refractivity contribution in [3.8, 4) is 5.75 Å². The Morgan fingerprint density at radius 1 is 1.27 bits per heavy atom. The predicted octanol–water partition coefficient (Wildman–Crippen LogP) is 2.34. The lowest BCUT2D eigenvalue weighted by Gasteiger charge is -2.27. The van der Waals surface area contributed by atoms with Crippen molar-refractivity contribution in [3.63, 3.8) is 0 Å². The molecule has 1 fully saturated rings. The molecule has 0 spiro atoms. The van der Waals surface area contributed by atoms with Crippen LogP contribution in [0.5, 0.6) is 5.75 Å². The van der Waals surface area contributed by atoms with E-state index >= 15 is 0 Å². The molecule has 0 aliphatic carbocycles. The van der Waals surface area contributed by atoms with E-state index in [4.69, 9.17) is 14.2 Å². The molecule has 2 rings (SSSR count). The van der Waals surface area contributed by atoms with E-state index in [1.165, 1.54) is 12.0 Å². The first-order chi connectivity index (χ1) is 12.2. The van der Waals surface area contributed by atoms with Gasteiger partial charge in [-0.1, -0.05) is 12.1 Å². The molecule has 26 heavy (non-hydrogen) atoms. The monoisotopic (exact) mass is 364 g/mol. The number of hydrogen-bond acceptors (Lipinski definition) is 6. The number of amides is 1. The molecule has 1 aromatic rings. The average Bonchev–Trinajstić information content (AvgIpc) is 3.02. The lowest BCUT2D eigenvalue weighted by molar-refractivity contribution is -0.145. The van der Waals surface area contributed by atoms with Crippen molar-refractivity contribution in [1.82, 2.24) is 10.2 Å². The number of rotatable bonds is 5. The molecule has 0 aromatic heterocycles. The van der Waals surface area contributed by atoms with Gasteiger partial charge in [-0.15, -0.1) is 0 Å². The summed E-state index contributed by atoms with van der Waals surface area (Å²) in [5, 5.41) is 3.39. The van der Waals surface area contributed by atoms with E-state index in [2.05, 4.69) is 5.32 Å². The molecule has 144 valence electrons. The van der Waals surface area contributed by atoms with Gasteiger partial charge in [-0.05, 0) is 44.9 Å². The molecule has 7 heteroatoms. The third kappa shape index (κ3) is 5.36. The normalized spacial score (nSPS) is 20.0. The van der Waals surface area contributed by atoms with Crippen LogP contribution in [0, 0.1) is 0 Å². The summed E-state index contributed by atoms with van der Waals surface area (Å²) >= 11 is 0. The lowest BCUT2D eigenvalue weighted by Crippen LogP contribution is -2.44. The van der Waals surface area contributed by atoms with E-state index in [0.717, 1.165) is 11.3 Å². The minimum absolute atomic E-state index is 0.0298. The van der Waals surface area contributed by atoms with Crippen molar-refractivity contribution in [2.75, 3.05) is 20.8 Å². The summed E-state index contributed by atoms with van der Waals surface area (Å²) < 4.78 is 15.5. The zero-order valence-electron chi connectivity index (χ0n) is 16.1. The van der Waals surface area contributed by atoms with Crippen molar-refractivity contribution >= 4 is 12.1 Å². The number of benzene rings is 1. The first kappa shape index (κ1) is 20.0. The van der Waals surface area contributed by atoms with Gasteiger partial charge in [0, 0.05) is 19.1 Å². The Balaban J connectivity index is 2.02. The second-order valence-corrected chi connectivity index (χ2v) is 7.34. The second-order valence-electron chi connectivity index (χ2n) is 7.34. The van der Waals surface area contributed by atoms with Gasteiger partial charge in [-0.2, -0.15) is 0 Å². The number of carbonyl (C=O) groups excluding carboxylic acids is 2. The number of nitrogens with one attached hydrogen (secondary N) is 1. The summed E-state index contributed by atoms with van der Waals surface area (Å²) in [5.74, 6) is 0.361. The van der Waals surface area contributed by atoms with Gasteiger partial charge in [-0.3, -0.25) is 4.90 Å². The summed E-state index contributed by atoms with van der Waals surface area (Å²) in [7, 11) is 2.95. The van der Waals surface area contributed by atoms with Crippen molar-refractivity contribution in [2.45, 2.75) is 51.4 Å². The van der Waals surface area contributed by atoms with Crippen LogP contribution in [0.15, 0.2) is 24.3 Å². The highest BCUT2D eigenvalue weighted by Crippen LogP contribution is 2.23. The van der Waals surface area contributed by atoms with Crippen LogP contribution in [-0.2, 0) is 20.8 Å². The van der Waals surface area contributed by atoms with E-state index in [1.54, 1.807) is 27.9 Å². The SMILES string of the molecule is COC(=O)[C@@H]1C[C@H](NCc2cccc(OC)c2)CN1C(=O)OC(C)(C)C. The molecule has 1 aromatic carbocycles. The molecule has 1 aliphatic rings. The van der Waals surface area contributed by atoms with Gasteiger partial charge in [0.2, 0.25) is 0 Å². The molecule has 0 bridgehead atoms. The van der Waals surface area contributed by atoms with Crippen LogP contribution in [0.3, 0.4) is 0 Å². The second kappa shape index (κ2) is 8.40. The fourth-order valence-corrected chi connectivity index (χ4v) is 2.91. The van der Waals surface area contributed by atoms with Gasteiger partial charge in [0.1, 0.15) is 17.4 Å². The Hall–Kier alpha value is -2.28. The number of ether oxygens (including phenoxy) is 3. The maximum Gasteiger partial charge on any atom is 0.411 e. The highest BCUT2D eigenvalue weighted by Gasteiger charge is 2.41. The molecule has 0 saturated carbocycles. The Kier molecular flexibility index (Phi) is 6.47. The molecule has 1 amide bonds. The third-order valence-electron chi connectivity index (χ3n) is 4.13. The van der Waals surface area contributed by atoms with Crippen LogP contribution in [0.1, 0.15) is 32.8 Å². The Labute approximate surface area is 154 Å². The van der Waals surface area contributed by atoms with Crippen LogP contribution in [0.2, 0.25) is 0 Å². The Bertz CT molecular complexity index is 641. The van der Waals surface area contributed by atoms with Crippen LogP contribution >= 0.6 is 0 Å². The number of esters is 1. The topological polar surface area (TPSA) is 77.1 Å². The van der Waals surface area contributed by atoms with Crippen molar-refractivity contribution in [1.29, 1.82) is 0 Å². The van der Waals surface area contributed by atoms with Crippen LogP contribution in [-0.4, -0.2) is 55.4 Å². The number of carbonyl (C=O) groups is 2. The molecule has 1 N–H and O–H groups in total. The number of hydrogen-bond donors (Lipinski definition) is 1. The average molecular weight is 364 g/mol. The number of nitrogens with zero attached hydrogens (tertiary/aromatic N) is 1. The maximum absolute atomic E-state index is 12.4. The largest absolute Gasteiger partial charge is 0.497 e. The smallest absolute Gasteiger partial charge is 0.411 e. The third-order valence-corrected chi connectivity index (χ3v) is 4.13. The standard InChI is InChI=1S/C19H28N2O5/c1-19(2,3)26-18(23)21-12-14(10-16(21)17(22)25-5)20-11-13-7-6-8-15(9-13)24-4/h6-9,14,16,20H,10-12H2,1-5H3/t14-,16-/m0/s1. The Morgan fingerprint density at radius 2 is 2.00 bits per heavy atom. The van der Waals surface area contributed by atoms with Gasteiger partial charge in [0.25, 0.3) is 0 Å². The first-order valence-corrected chi connectivity index (χ1v) is 8.67. The van der Waals surface area contributed by atoms with Gasteiger partial charge in [0.05, 0.1) is 14.2 Å². The summed E-state index contributed by atoms with van der Waals surface area (Å²) in [6.45, 7) is 6.39. The maximum atomic E-state index is 12.4. The molecular formula is C19H28N2O5. The van der Waals surface area contributed by atoms with Gasteiger partial charge in [0.15, 0.2) is 0 Å². The summed E-state index contributed by atoms with van der Waals surface area (Å²) in [6, 6.07) is 7.08. The van der Waals surface area contributed by atoms with Crippen molar-refractivity contribution in [3.05, 3.63) is 29.8 Å². The van der Waals surface area contributed by atoms with Gasteiger partial charge in [-0.25, -0.2) is 9.59 Å². The minimum Gasteiger partial charge on any atom is -0.497 e. The van der Waals surface area contributed by atoms with E-state index in [9.17, 15) is 9.59 Å². The van der Waals surface area contributed by atoms with Crippen molar-refractivity contribution < 1.29 is 23.8 Å². The molecule has 7 nitrogen and oxygen atoms in total. The van der Waals surface area contributed by atoms with Crippen LogP contribution < -0.4 is 10.1 Å². The molecular weight excluding hydrogens is 336 g/mol. The first-order valence-electron chi connectivity index (χ1n) is 8.67. The Morgan fingerprint density at radius 3 is 2.62 bits per heavy atom. The fourth-order valence-electron chi connectivity index (χ4n) is 2.91. The van der Waals surface area contributed by atoms with E-state index in [0.29, 0.717) is 19.5 Å². The van der Waals surface area contributed by atoms with Crippen molar-refractivity contribution in [2.24, 2.45) is 0 Å². The fraction of sp³-hybridized carbons (Fsp3) is 0.579. The van der Waals surface area contributed by atoms with E-state index in [-0.39, 0.29) is 6.04 Å². The molecule has 0 radical (unpaired) electrons. The number of likely N-dealkylation sites (tertiary alicyclic amines) is 1.